The number of nitrogens with zero attached hydrogens (tertiary/aromatic N) is 4. The third-order valence-electron chi connectivity index (χ3n) is 4.09. The fraction of sp³-hybridized carbons (Fsp3) is 0.647. The van der Waals surface area contributed by atoms with E-state index in [4.69, 9.17) is 0 Å². The Kier molecular flexibility index (Phi) is 6.11. The summed E-state index contributed by atoms with van der Waals surface area (Å²) < 4.78 is 0. The number of rotatable bonds is 5. The molecular weight excluding hydrogens is 306 g/mol. The van der Waals surface area contributed by atoms with Crippen LogP contribution in [-0.2, 0) is 4.79 Å². The van der Waals surface area contributed by atoms with Crippen LogP contribution in [0.1, 0.15) is 43.4 Å². The number of carbonyl (C=O) groups is 2. The Labute approximate surface area is 143 Å². The van der Waals surface area contributed by atoms with Crippen LogP contribution in [0.15, 0.2) is 6.07 Å². The standard InChI is InChI=1S/C17H27N5O2/c1-12(2)5-6-18-16(24)15-11-13(3)19-17(20-15)22-9-7-21(8-10-22)14(4)23/h11-12H,5-10H2,1-4H3,(H,18,24). The summed E-state index contributed by atoms with van der Waals surface area (Å²) in [5.74, 6) is 1.03. The highest BCUT2D eigenvalue weighted by atomic mass is 16.2. The Balaban J connectivity index is 2.03. The molecule has 1 fully saturated rings. The van der Waals surface area contributed by atoms with Gasteiger partial charge in [-0.05, 0) is 25.3 Å². The van der Waals surface area contributed by atoms with Crippen molar-refractivity contribution in [2.45, 2.75) is 34.1 Å². The lowest BCUT2D eigenvalue weighted by Gasteiger charge is -2.34. The quantitative estimate of drug-likeness (QED) is 0.877. The summed E-state index contributed by atoms with van der Waals surface area (Å²) in [5, 5.41) is 2.91. The molecule has 1 aromatic heterocycles. The predicted octanol–water partition coefficient (Wildman–Crippen LogP) is 1.23. The molecule has 2 heterocycles. The smallest absolute Gasteiger partial charge is 0.270 e. The largest absolute Gasteiger partial charge is 0.351 e. The lowest BCUT2D eigenvalue weighted by Crippen LogP contribution is -2.48. The van der Waals surface area contributed by atoms with Gasteiger partial charge in [-0.15, -0.1) is 0 Å². The number of anilines is 1. The minimum absolute atomic E-state index is 0.0880. The van der Waals surface area contributed by atoms with E-state index in [1.807, 2.05) is 16.7 Å². The molecule has 1 aromatic rings. The van der Waals surface area contributed by atoms with Gasteiger partial charge in [-0.2, -0.15) is 0 Å². The van der Waals surface area contributed by atoms with Crippen LogP contribution in [0.3, 0.4) is 0 Å². The second-order valence-corrected chi connectivity index (χ2v) is 6.63. The minimum atomic E-state index is -0.162. The lowest BCUT2D eigenvalue weighted by atomic mass is 10.1. The molecule has 0 aliphatic carbocycles. The first-order chi connectivity index (χ1) is 11.4. The molecule has 0 aromatic carbocycles. The Morgan fingerprint density at radius 2 is 1.88 bits per heavy atom. The van der Waals surface area contributed by atoms with Gasteiger partial charge >= 0.3 is 0 Å². The minimum Gasteiger partial charge on any atom is -0.351 e. The van der Waals surface area contributed by atoms with Gasteiger partial charge in [-0.3, -0.25) is 9.59 Å². The van der Waals surface area contributed by atoms with Crippen LogP contribution in [-0.4, -0.2) is 59.4 Å². The Morgan fingerprint density at radius 3 is 2.46 bits per heavy atom. The third-order valence-corrected chi connectivity index (χ3v) is 4.09. The first-order valence-electron chi connectivity index (χ1n) is 8.51. The molecule has 0 spiro atoms. The second-order valence-electron chi connectivity index (χ2n) is 6.63. The summed E-state index contributed by atoms with van der Waals surface area (Å²) in [6.07, 6.45) is 0.940. The molecule has 1 N–H and O–H groups in total. The van der Waals surface area contributed by atoms with Gasteiger partial charge in [0.2, 0.25) is 11.9 Å². The molecule has 1 aliphatic heterocycles. The van der Waals surface area contributed by atoms with E-state index in [9.17, 15) is 9.59 Å². The van der Waals surface area contributed by atoms with Gasteiger partial charge in [0.15, 0.2) is 0 Å². The van der Waals surface area contributed by atoms with E-state index in [1.54, 1.807) is 13.0 Å². The van der Waals surface area contributed by atoms with Crippen LogP contribution in [0.4, 0.5) is 5.95 Å². The molecule has 7 nitrogen and oxygen atoms in total. The van der Waals surface area contributed by atoms with E-state index in [2.05, 4.69) is 29.1 Å². The van der Waals surface area contributed by atoms with Gasteiger partial charge in [-0.1, -0.05) is 13.8 Å². The van der Waals surface area contributed by atoms with E-state index in [1.165, 1.54) is 0 Å². The van der Waals surface area contributed by atoms with Gasteiger partial charge in [0.25, 0.3) is 5.91 Å². The van der Waals surface area contributed by atoms with Crippen molar-refractivity contribution in [3.8, 4) is 0 Å². The number of aromatic nitrogens is 2. The summed E-state index contributed by atoms with van der Waals surface area (Å²) in [6.45, 7) is 11.0. The number of carbonyl (C=O) groups excluding carboxylic acids is 2. The van der Waals surface area contributed by atoms with Crippen molar-refractivity contribution in [3.05, 3.63) is 17.5 Å². The second kappa shape index (κ2) is 8.08. The SMILES string of the molecule is CC(=O)N1CCN(c2nc(C)cc(C(=O)NCCC(C)C)n2)CC1. The zero-order chi connectivity index (χ0) is 17.7. The van der Waals surface area contributed by atoms with E-state index in [-0.39, 0.29) is 11.8 Å². The molecule has 0 unspecified atom stereocenters. The molecule has 1 aliphatic rings. The summed E-state index contributed by atoms with van der Waals surface area (Å²) in [7, 11) is 0. The molecule has 132 valence electrons. The van der Waals surface area contributed by atoms with Crippen LogP contribution in [0, 0.1) is 12.8 Å². The van der Waals surface area contributed by atoms with Crippen LogP contribution in [0.2, 0.25) is 0 Å². The highest BCUT2D eigenvalue weighted by Gasteiger charge is 2.21. The van der Waals surface area contributed by atoms with Gasteiger partial charge in [0.05, 0.1) is 0 Å². The van der Waals surface area contributed by atoms with Crippen LogP contribution >= 0.6 is 0 Å². The highest BCUT2D eigenvalue weighted by molar-refractivity contribution is 5.92. The van der Waals surface area contributed by atoms with Crippen molar-refractivity contribution in [1.29, 1.82) is 0 Å². The van der Waals surface area contributed by atoms with Crippen molar-refractivity contribution in [2.24, 2.45) is 5.92 Å². The number of hydrogen-bond donors (Lipinski definition) is 1. The Morgan fingerprint density at radius 1 is 1.21 bits per heavy atom. The number of aryl methyl sites for hydroxylation is 1. The molecule has 0 saturated carbocycles. The van der Waals surface area contributed by atoms with Crippen molar-refractivity contribution in [2.75, 3.05) is 37.6 Å². The van der Waals surface area contributed by atoms with Gasteiger partial charge in [0.1, 0.15) is 5.69 Å². The molecule has 1 saturated heterocycles. The van der Waals surface area contributed by atoms with Crippen LogP contribution in [0.25, 0.3) is 0 Å². The molecular formula is C17H27N5O2. The molecule has 2 amide bonds. The van der Waals surface area contributed by atoms with E-state index in [0.29, 0.717) is 50.3 Å². The Bertz CT molecular complexity index is 595. The van der Waals surface area contributed by atoms with Crippen molar-refractivity contribution in [3.63, 3.8) is 0 Å². The lowest BCUT2D eigenvalue weighted by molar-refractivity contribution is -0.129. The summed E-state index contributed by atoms with van der Waals surface area (Å²) in [6, 6.07) is 1.71. The van der Waals surface area contributed by atoms with Crippen molar-refractivity contribution < 1.29 is 9.59 Å². The molecule has 0 bridgehead atoms. The molecule has 0 atom stereocenters. The fourth-order valence-electron chi connectivity index (χ4n) is 2.60. The normalized spacial score (nSPS) is 14.9. The predicted molar refractivity (Wildman–Crippen MR) is 93.0 cm³/mol. The molecule has 2 rings (SSSR count). The third kappa shape index (κ3) is 4.91. The summed E-state index contributed by atoms with van der Waals surface area (Å²) >= 11 is 0. The molecule has 0 radical (unpaired) electrons. The number of amides is 2. The van der Waals surface area contributed by atoms with Gasteiger partial charge < -0.3 is 15.1 Å². The first kappa shape index (κ1) is 18.2. The van der Waals surface area contributed by atoms with E-state index in [0.717, 1.165) is 12.1 Å². The summed E-state index contributed by atoms with van der Waals surface area (Å²) in [5.41, 5.74) is 1.17. The number of nitrogens with one attached hydrogen (secondary N) is 1. The average Bonchev–Trinajstić information content (AvgIpc) is 2.54. The van der Waals surface area contributed by atoms with Gasteiger partial charge in [-0.25, -0.2) is 9.97 Å². The first-order valence-corrected chi connectivity index (χ1v) is 8.51. The molecule has 7 heteroatoms. The maximum absolute atomic E-state index is 12.3. The van der Waals surface area contributed by atoms with Crippen LogP contribution in [0.5, 0.6) is 0 Å². The summed E-state index contributed by atoms with van der Waals surface area (Å²) in [4.78, 5) is 36.4. The fourth-order valence-corrected chi connectivity index (χ4v) is 2.60. The number of piperazine rings is 1. The maximum Gasteiger partial charge on any atom is 0.270 e. The number of hydrogen-bond acceptors (Lipinski definition) is 5. The van der Waals surface area contributed by atoms with Crippen LogP contribution < -0.4 is 10.2 Å². The maximum atomic E-state index is 12.3. The highest BCUT2D eigenvalue weighted by Crippen LogP contribution is 2.13. The van der Waals surface area contributed by atoms with E-state index >= 15 is 0 Å². The van der Waals surface area contributed by atoms with Gasteiger partial charge in [0, 0.05) is 45.3 Å². The monoisotopic (exact) mass is 333 g/mol. The topological polar surface area (TPSA) is 78.4 Å². The molecule has 24 heavy (non-hydrogen) atoms. The Hall–Kier alpha value is -2.18. The van der Waals surface area contributed by atoms with E-state index < -0.39 is 0 Å². The average molecular weight is 333 g/mol. The van der Waals surface area contributed by atoms with Crippen molar-refractivity contribution >= 4 is 17.8 Å². The van der Waals surface area contributed by atoms with Crippen molar-refractivity contribution in [1.82, 2.24) is 20.2 Å². The zero-order valence-electron chi connectivity index (χ0n) is 15.0. The zero-order valence-corrected chi connectivity index (χ0v) is 15.0.